The SMILES string of the molecule is CCCC1=CC(CCC)(OC(=O)C2C3CCC(C3)C2C(=O)OC2(CCC)C=C(CCC)C=CC2)CC=C1. The maximum Gasteiger partial charge on any atom is 0.310 e. The first-order valence-electron chi connectivity index (χ1n) is 15.1. The first-order chi connectivity index (χ1) is 17.9. The van der Waals surface area contributed by atoms with Gasteiger partial charge < -0.3 is 9.47 Å². The third kappa shape index (κ3) is 6.15. The number of ether oxygens (including phenoxy) is 2. The molecule has 4 aliphatic rings. The Morgan fingerprint density at radius 2 is 1.16 bits per heavy atom. The number of hydrogen-bond donors (Lipinski definition) is 0. The van der Waals surface area contributed by atoms with Crippen LogP contribution in [0.1, 0.15) is 111 Å². The van der Waals surface area contributed by atoms with Gasteiger partial charge in [0.25, 0.3) is 0 Å². The number of hydrogen-bond acceptors (Lipinski definition) is 4. The fourth-order valence-corrected chi connectivity index (χ4v) is 7.54. The van der Waals surface area contributed by atoms with Crippen molar-refractivity contribution in [2.75, 3.05) is 0 Å². The van der Waals surface area contributed by atoms with E-state index in [4.69, 9.17) is 9.47 Å². The molecule has 0 aliphatic heterocycles. The molecule has 6 atom stereocenters. The van der Waals surface area contributed by atoms with Gasteiger partial charge in [-0.25, -0.2) is 0 Å². The zero-order valence-electron chi connectivity index (χ0n) is 23.6. The van der Waals surface area contributed by atoms with E-state index in [2.05, 4.69) is 64.2 Å². The normalized spacial score (nSPS) is 34.3. The summed E-state index contributed by atoms with van der Waals surface area (Å²) < 4.78 is 12.9. The highest BCUT2D eigenvalue weighted by Crippen LogP contribution is 2.54. The summed E-state index contributed by atoms with van der Waals surface area (Å²) >= 11 is 0. The second-order valence-corrected chi connectivity index (χ2v) is 12.0. The molecular weight excluding hydrogens is 460 g/mol. The van der Waals surface area contributed by atoms with Crippen molar-refractivity contribution >= 4 is 11.9 Å². The van der Waals surface area contributed by atoms with Crippen LogP contribution in [0.5, 0.6) is 0 Å². The molecule has 0 aromatic carbocycles. The Balaban J connectivity index is 1.54. The third-order valence-corrected chi connectivity index (χ3v) is 8.98. The Morgan fingerprint density at radius 1 is 0.730 bits per heavy atom. The Bertz CT molecular complexity index is 879. The van der Waals surface area contributed by atoms with Crippen LogP contribution in [0.4, 0.5) is 0 Å². The summed E-state index contributed by atoms with van der Waals surface area (Å²) in [6.45, 7) is 8.64. The summed E-state index contributed by atoms with van der Waals surface area (Å²) in [7, 11) is 0. The van der Waals surface area contributed by atoms with E-state index in [0.717, 1.165) is 70.6 Å². The summed E-state index contributed by atoms with van der Waals surface area (Å²) in [6.07, 6.45) is 25.1. The number of fused-ring (bicyclic) bond motifs is 2. The zero-order valence-corrected chi connectivity index (χ0v) is 23.6. The van der Waals surface area contributed by atoms with Gasteiger partial charge in [0.05, 0.1) is 11.8 Å². The third-order valence-electron chi connectivity index (χ3n) is 8.98. The first-order valence-corrected chi connectivity index (χ1v) is 15.1. The minimum Gasteiger partial charge on any atom is -0.454 e. The Labute approximate surface area is 224 Å². The molecule has 4 heteroatoms. The molecule has 0 heterocycles. The molecule has 0 radical (unpaired) electrons. The van der Waals surface area contributed by atoms with E-state index in [1.807, 2.05) is 0 Å². The monoisotopic (exact) mass is 508 g/mol. The van der Waals surface area contributed by atoms with E-state index in [1.54, 1.807) is 0 Å². The lowest BCUT2D eigenvalue weighted by molar-refractivity contribution is -0.176. The zero-order chi connectivity index (χ0) is 26.5. The maximum absolute atomic E-state index is 13.9. The molecule has 4 aliphatic carbocycles. The quantitative estimate of drug-likeness (QED) is 0.249. The lowest BCUT2D eigenvalue weighted by atomic mass is 9.78. The molecule has 0 aromatic rings. The van der Waals surface area contributed by atoms with Gasteiger partial charge in [0.2, 0.25) is 0 Å². The van der Waals surface area contributed by atoms with Crippen molar-refractivity contribution in [1.29, 1.82) is 0 Å². The van der Waals surface area contributed by atoms with Crippen LogP contribution in [0.3, 0.4) is 0 Å². The average Bonchev–Trinajstić information content (AvgIpc) is 3.47. The molecule has 37 heavy (non-hydrogen) atoms. The van der Waals surface area contributed by atoms with Gasteiger partial charge >= 0.3 is 11.9 Å². The van der Waals surface area contributed by atoms with E-state index in [0.29, 0.717) is 12.8 Å². The Hall–Kier alpha value is -2.10. The van der Waals surface area contributed by atoms with Crippen molar-refractivity contribution in [2.24, 2.45) is 23.7 Å². The number of rotatable bonds is 12. The molecule has 2 bridgehead atoms. The van der Waals surface area contributed by atoms with Crippen LogP contribution in [0, 0.1) is 23.7 Å². The molecule has 2 saturated carbocycles. The van der Waals surface area contributed by atoms with Gasteiger partial charge in [-0.15, -0.1) is 0 Å². The smallest absolute Gasteiger partial charge is 0.310 e. The minimum atomic E-state index is -0.587. The standard InChI is InChI=1S/C33H48O4/c1-5-11-24-13-9-19-32(22-24,17-7-3)36-30(34)28-26-15-16-27(21-26)29(28)31(35)37-33(18-8-4)20-10-14-25(23-33)12-6-2/h9-10,13-14,22-23,26-29H,5-8,11-12,15-21H2,1-4H3. The van der Waals surface area contributed by atoms with Crippen molar-refractivity contribution in [1.82, 2.24) is 0 Å². The van der Waals surface area contributed by atoms with Crippen LogP contribution in [0.2, 0.25) is 0 Å². The summed E-state index contributed by atoms with van der Waals surface area (Å²) in [5.41, 5.74) is 1.33. The highest BCUT2D eigenvalue weighted by atomic mass is 16.6. The highest BCUT2D eigenvalue weighted by molar-refractivity contribution is 5.84. The molecule has 204 valence electrons. The van der Waals surface area contributed by atoms with E-state index in [-0.39, 0.29) is 35.6 Å². The van der Waals surface area contributed by atoms with E-state index in [1.165, 1.54) is 11.1 Å². The molecular formula is C33H48O4. The molecule has 4 nitrogen and oxygen atoms in total. The molecule has 4 rings (SSSR count). The Morgan fingerprint density at radius 3 is 1.54 bits per heavy atom. The van der Waals surface area contributed by atoms with Crippen LogP contribution in [0.25, 0.3) is 0 Å². The number of allylic oxidation sites excluding steroid dienone is 4. The first kappa shape index (κ1) is 27.9. The van der Waals surface area contributed by atoms with Gasteiger partial charge in [-0.1, -0.05) is 77.7 Å². The average molecular weight is 509 g/mol. The van der Waals surface area contributed by atoms with Gasteiger partial charge in [-0.3, -0.25) is 9.59 Å². The maximum atomic E-state index is 13.9. The minimum absolute atomic E-state index is 0.180. The molecule has 0 aromatic heterocycles. The molecule has 6 unspecified atom stereocenters. The van der Waals surface area contributed by atoms with E-state index >= 15 is 0 Å². The topological polar surface area (TPSA) is 52.6 Å². The fourth-order valence-electron chi connectivity index (χ4n) is 7.54. The molecule has 2 fully saturated rings. The van der Waals surface area contributed by atoms with Gasteiger partial charge in [-0.2, -0.15) is 0 Å². The van der Waals surface area contributed by atoms with Crippen molar-refractivity contribution in [3.8, 4) is 0 Å². The summed E-state index contributed by atoms with van der Waals surface area (Å²) in [6, 6.07) is 0. The second-order valence-electron chi connectivity index (χ2n) is 12.0. The summed E-state index contributed by atoms with van der Waals surface area (Å²) in [5.74, 6) is -0.671. The second kappa shape index (κ2) is 12.2. The van der Waals surface area contributed by atoms with Crippen molar-refractivity contribution < 1.29 is 19.1 Å². The van der Waals surface area contributed by atoms with Gasteiger partial charge in [0.15, 0.2) is 0 Å². The van der Waals surface area contributed by atoms with E-state index < -0.39 is 11.2 Å². The highest BCUT2D eigenvalue weighted by Gasteiger charge is 2.57. The lowest BCUT2D eigenvalue weighted by Gasteiger charge is -2.38. The fraction of sp³-hybridized carbons (Fsp3) is 0.697. The molecule has 0 amide bonds. The Kier molecular flexibility index (Phi) is 9.19. The van der Waals surface area contributed by atoms with Crippen molar-refractivity contribution in [2.45, 2.75) is 122 Å². The molecule has 0 saturated heterocycles. The number of carbonyl (C=O) groups excluding carboxylic acids is 2. The van der Waals surface area contributed by atoms with Crippen LogP contribution >= 0.6 is 0 Å². The molecule has 0 spiro atoms. The van der Waals surface area contributed by atoms with Crippen molar-refractivity contribution in [3.05, 3.63) is 47.6 Å². The summed E-state index contributed by atoms with van der Waals surface area (Å²) in [5, 5.41) is 0. The van der Waals surface area contributed by atoms with E-state index in [9.17, 15) is 9.59 Å². The van der Waals surface area contributed by atoms with Crippen LogP contribution < -0.4 is 0 Å². The lowest BCUT2D eigenvalue weighted by Crippen LogP contribution is -2.44. The number of esters is 2. The predicted molar refractivity (Wildman–Crippen MR) is 149 cm³/mol. The van der Waals surface area contributed by atoms with Crippen LogP contribution in [0.15, 0.2) is 47.6 Å². The largest absolute Gasteiger partial charge is 0.454 e. The number of carbonyl (C=O) groups is 2. The van der Waals surface area contributed by atoms with Crippen LogP contribution in [-0.4, -0.2) is 23.1 Å². The summed E-state index contributed by atoms with van der Waals surface area (Å²) in [4.78, 5) is 27.8. The predicted octanol–water partition coefficient (Wildman–Crippen LogP) is 8.19. The van der Waals surface area contributed by atoms with Crippen LogP contribution in [-0.2, 0) is 19.1 Å². The van der Waals surface area contributed by atoms with Gasteiger partial charge in [0, 0.05) is 12.8 Å². The van der Waals surface area contributed by atoms with Gasteiger partial charge in [-0.05, 0) is 80.1 Å². The molecule has 0 N–H and O–H groups in total. The van der Waals surface area contributed by atoms with Gasteiger partial charge in [0.1, 0.15) is 11.2 Å². The van der Waals surface area contributed by atoms with Crippen molar-refractivity contribution in [3.63, 3.8) is 0 Å².